The third kappa shape index (κ3) is 0.996. The SMILES string of the molecule is NC(=O)C1N=CNC1N. The van der Waals surface area contributed by atoms with E-state index in [0.29, 0.717) is 0 Å². The zero-order chi connectivity index (χ0) is 6.85. The van der Waals surface area contributed by atoms with E-state index in [1.807, 2.05) is 0 Å². The van der Waals surface area contributed by atoms with Crippen molar-refractivity contribution in [3.05, 3.63) is 0 Å². The van der Waals surface area contributed by atoms with Gasteiger partial charge in [-0.1, -0.05) is 0 Å². The highest BCUT2D eigenvalue weighted by Crippen LogP contribution is 1.96. The minimum absolute atomic E-state index is 0.442. The standard InChI is InChI=1S/C4H8N4O/c5-3-2(4(6)9)7-1-8-3/h1-3H,5H2,(H2,6,9)(H,7,8). The Bertz CT molecular complexity index is 155. The molecular weight excluding hydrogens is 120 g/mol. The van der Waals surface area contributed by atoms with Crippen LogP contribution >= 0.6 is 0 Å². The van der Waals surface area contributed by atoms with Crippen molar-refractivity contribution in [2.75, 3.05) is 0 Å². The van der Waals surface area contributed by atoms with Crippen LogP contribution in [0, 0.1) is 0 Å². The Morgan fingerprint density at radius 2 is 2.44 bits per heavy atom. The summed E-state index contributed by atoms with van der Waals surface area (Å²) in [5.74, 6) is -0.497. The summed E-state index contributed by atoms with van der Waals surface area (Å²) in [6.45, 7) is 0. The van der Waals surface area contributed by atoms with E-state index >= 15 is 0 Å². The number of aliphatic imine (C=N–C) groups is 1. The van der Waals surface area contributed by atoms with Crippen LogP contribution in [0.15, 0.2) is 4.99 Å². The maximum absolute atomic E-state index is 10.4. The molecule has 1 amide bonds. The maximum atomic E-state index is 10.4. The summed E-state index contributed by atoms with van der Waals surface area (Å²) in [5.41, 5.74) is 10.3. The van der Waals surface area contributed by atoms with Crippen LogP contribution in [0.25, 0.3) is 0 Å². The van der Waals surface area contributed by atoms with Crippen LogP contribution in [0.2, 0.25) is 0 Å². The zero-order valence-electron chi connectivity index (χ0n) is 4.74. The molecule has 0 bridgehead atoms. The van der Waals surface area contributed by atoms with Crippen molar-refractivity contribution in [3.63, 3.8) is 0 Å². The van der Waals surface area contributed by atoms with Gasteiger partial charge >= 0.3 is 0 Å². The fraction of sp³-hybridized carbons (Fsp3) is 0.500. The monoisotopic (exact) mass is 128 g/mol. The van der Waals surface area contributed by atoms with Crippen molar-refractivity contribution >= 4 is 12.2 Å². The van der Waals surface area contributed by atoms with Crippen molar-refractivity contribution in [2.45, 2.75) is 12.2 Å². The topological polar surface area (TPSA) is 93.5 Å². The second kappa shape index (κ2) is 2.02. The predicted molar refractivity (Wildman–Crippen MR) is 32.6 cm³/mol. The molecule has 0 fully saturated rings. The molecule has 0 saturated carbocycles. The lowest BCUT2D eigenvalue weighted by atomic mass is 10.2. The van der Waals surface area contributed by atoms with Gasteiger partial charge in [0.15, 0.2) is 6.04 Å². The molecule has 2 unspecified atom stereocenters. The molecule has 0 aromatic rings. The lowest BCUT2D eigenvalue weighted by Crippen LogP contribution is -2.46. The first-order valence-electron chi connectivity index (χ1n) is 2.54. The number of nitrogens with two attached hydrogens (primary N) is 2. The van der Waals surface area contributed by atoms with Crippen LogP contribution in [-0.4, -0.2) is 24.5 Å². The number of rotatable bonds is 1. The number of nitrogens with one attached hydrogen (secondary N) is 1. The summed E-state index contributed by atoms with van der Waals surface area (Å²) in [4.78, 5) is 14.1. The van der Waals surface area contributed by atoms with Crippen LogP contribution in [-0.2, 0) is 4.79 Å². The number of carbonyl (C=O) groups is 1. The quantitative estimate of drug-likeness (QED) is 0.372. The summed E-state index contributed by atoms with van der Waals surface area (Å²) in [6, 6.07) is -0.593. The van der Waals surface area contributed by atoms with Gasteiger partial charge in [0.25, 0.3) is 0 Å². The maximum Gasteiger partial charge on any atom is 0.245 e. The van der Waals surface area contributed by atoms with Gasteiger partial charge in [-0.05, 0) is 0 Å². The molecule has 9 heavy (non-hydrogen) atoms. The molecule has 1 heterocycles. The second-order valence-electron chi connectivity index (χ2n) is 1.82. The van der Waals surface area contributed by atoms with Gasteiger partial charge in [-0.3, -0.25) is 9.79 Å². The lowest BCUT2D eigenvalue weighted by Gasteiger charge is -2.07. The van der Waals surface area contributed by atoms with Crippen molar-refractivity contribution in [3.8, 4) is 0 Å². The minimum atomic E-state index is -0.593. The highest BCUT2D eigenvalue weighted by atomic mass is 16.1. The molecule has 0 aromatic heterocycles. The van der Waals surface area contributed by atoms with Gasteiger partial charge in [-0.2, -0.15) is 0 Å². The number of primary amides is 1. The van der Waals surface area contributed by atoms with Crippen LogP contribution in [0.1, 0.15) is 0 Å². The Hall–Kier alpha value is -1.10. The van der Waals surface area contributed by atoms with E-state index in [0.717, 1.165) is 0 Å². The largest absolute Gasteiger partial charge is 0.368 e. The third-order valence-electron chi connectivity index (χ3n) is 1.13. The molecule has 5 nitrogen and oxygen atoms in total. The van der Waals surface area contributed by atoms with Crippen molar-refractivity contribution in [1.82, 2.24) is 5.32 Å². The lowest BCUT2D eigenvalue weighted by molar-refractivity contribution is -0.119. The van der Waals surface area contributed by atoms with Crippen molar-refractivity contribution in [1.29, 1.82) is 0 Å². The number of hydrogen-bond acceptors (Lipinski definition) is 4. The van der Waals surface area contributed by atoms with E-state index in [1.54, 1.807) is 0 Å². The van der Waals surface area contributed by atoms with E-state index in [1.165, 1.54) is 6.34 Å². The molecule has 0 aliphatic carbocycles. The number of nitrogens with zero attached hydrogens (tertiary/aromatic N) is 1. The molecule has 50 valence electrons. The summed E-state index contributed by atoms with van der Waals surface area (Å²) < 4.78 is 0. The normalized spacial score (nSPS) is 32.1. The van der Waals surface area contributed by atoms with E-state index in [4.69, 9.17) is 11.5 Å². The van der Waals surface area contributed by atoms with Gasteiger partial charge in [0.1, 0.15) is 6.17 Å². The Balaban J connectivity index is 2.59. The third-order valence-corrected chi connectivity index (χ3v) is 1.13. The average Bonchev–Trinajstić information content (AvgIpc) is 2.13. The molecule has 2 atom stereocenters. The fourth-order valence-electron chi connectivity index (χ4n) is 0.644. The zero-order valence-corrected chi connectivity index (χ0v) is 4.74. The van der Waals surface area contributed by atoms with Gasteiger partial charge < -0.3 is 16.8 Å². The Morgan fingerprint density at radius 3 is 2.67 bits per heavy atom. The molecular formula is C4H8N4O. The summed E-state index contributed by atoms with van der Waals surface area (Å²) in [5, 5.41) is 2.64. The van der Waals surface area contributed by atoms with Crippen LogP contribution in [0.3, 0.4) is 0 Å². The van der Waals surface area contributed by atoms with Gasteiger partial charge in [0.05, 0.1) is 6.34 Å². The minimum Gasteiger partial charge on any atom is -0.368 e. The highest BCUT2D eigenvalue weighted by molar-refractivity contribution is 5.84. The van der Waals surface area contributed by atoms with Gasteiger partial charge in [0.2, 0.25) is 5.91 Å². The van der Waals surface area contributed by atoms with Gasteiger partial charge in [-0.15, -0.1) is 0 Å². The highest BCUT2D eigenvalue weighted by Gasteiger charge is 2.24. The van der Waals surface area contributed by atoms with Crippen LogP contribution in [0.4, 0.5) is 0 Å². The summed E-state index contributed by atoms with van der Waals surface area (Å²) in [6.07, 6.45) is 0.947. The number of carbonyl (C=O) groups excluding carboxylic acids is 1. The van der Waals surface area contributed by atoms with Crippen LogP contribution in [0.5, 0.6) is 0 Å². The number of amides is 1. The Labute approximate surface area is 52.1 Å². The molecule has 1 rings (SSSR count). The molecule has 0 saturated heterocycles. The van der Waals surface area contributed by atoms with Crippen molar-refractivity contribution < 1.29 is 4.79 Å². The van der Waals surface area contributed by atoms with E-state index in [-0.39, 0.29) is 0 Å². The molecule has 5 heteroatoms. The van der Waals surface area contributed by atoms with Gasteiger partial charge in [-0.25, -0.2) is 0 Å². The van der Waals surface area contributed by atoms with E-state index in [9.17, 15) is 4.79 Å². The molecule has 5 N–H and O–H groups in total. The van der Waals surface area contributed by atoms with Crippen molar-refractivity contribution in [2.24, 2.45) is 16.5 Å². The Kier molecular flexibility index (Phi) is 1.35. The van der Waals surface area contributed by atoms with Crippen LogP contribution < -0.4 is 16.8 Å². The first-order valence-corrected chi connectivity index (χ1v) is 2.54. The van der Waals surface area contributed by atoms with E-state index < -0.39 is 18.1 Å². The van der Waals surface area contributed by atoms with E-state index in [2.05, 4.69) is 10.3 Å². The second-order valence-corrected chi connectivity index (χ2v) is 1.82. The Morgan fingerprint density at radius 1 is 1.78 bits per heavy atom. The predicted octanol–water partition coefficient (Wildman–Crippen LogP) is -2.24. The molecule has 1 aliphatic rings. The number of hydrogen-bond donors (Lipinski definition) is 3. The summed E-state index contributed by atoms with van der Waals surface area (Å²) >= 11 is 0. The average molecular weight is 128 g/mol. The smallest absolute Gasteiger partial charge is 0.245 e. The first kappa shape index (κ1) is 6.03. The fourth-order valence-corrected chi connectivity index (χ4v) is 0.644. The molecule has 1 aliphatic heterocycles. The first-order chi connectivity index (χ1) is 4.22. The van der Waals surface area contributed by atoms with Gasteiger partial charge in [0, 0.05) is 0 Å². The molecule has 0 spiro atoms. The summed E-state index contributed by atoms with van der Waals surface area (Å²) in [7, 11) is 0. The molecule has 0 aromatic carbocycles. The molecule has 0 radical (unpaired) electrons.